The molecule has 0 aliphatic heterocycles. The Bertz CT molecular complexity index is 2310. The van der Waals surface area contributed by atoms with Crippen LogP contribution in [0.4, 0.5) is 0 Å². The van der Waals surface area contributed by atoms with Crippen molar-refractivity contribution in [1.29, 1.82) is 0 Å². The Morgan fingerprint density at radius 3 is 1.49 bits per heavy atom. The molecule has 0 radical (unpaired) electrons. The molecule has 0 unspecified atom stereocenters. The molecule has 10 rings (SSSR count). The zero-order valence-electron chi connectivity index (χ0n) is 26.4. The molecule has 2 fully saturated rings. The zero-order valence-corrected chi connectivity index (χ0v) is 26.4. The van der Waals surface area contributed by atoms with Crippen molar-refractivity contribution in [2.24, 2.45) is 0 Å². The minimum absolute atomic E-state index is 0.562. The molecule has 2 aromatic carbocycles. The van der Waals surface area contributed by atoms with Crippen molar-refractivity contribution in [3.63, 3.8) is 0 Å². The molecule has 0 spiro atoms. The van der Waals surface area contributed by atoms with Crippen LogP contribution in [0.2, 0.25) is 0 Å². The van der Waals surface area contributed by atoms with Crippen molar-refractivity contribution in [2.45, 2.75) is 76.0 Å². The molecule has 0 atom stereocenters. The smallest absolute Gasteiger partial charge is 0.146 e. The average Bonchev–Trinajstić information content (AvgIpc) is 3.84. The van der Waals surface area contributed by atoms with Gasteiger partial charge in [-0.2, -0.15) is 0 Å². The van der Waals surface area contributed by atoms with Crippen LogP contribution < -0.4 is 4.74 Å². The number of aromatic nitrogens is 6. The molecule has 2 saturated carbocycles. The number of imidazole rings is 2. The van der Waals surface area contributed by atoms with E-state index in [4.69, 9.17) is 24.7 Å². The van der Waals surface area contributed by atoms with Crippen molar-refractivity contribution in [3.05, 3.63) is 96.8 Å². The summed E-state index contributed by atoms with van der Waals surface area (Å²) >= 11 is 0. The van der Waals surface area contributed by atoms with Crippen LogP contribution in [0.3, 0.4) is 0 Å². The first-order valence-electron chi connectivity index (χ1n) is 17.3. The molecule has 0 bridgehead atoms. The van der Waals surface area contributed by atoms with E-state index in [-0.39, 0.29) is 0 Å². The normalized spacial score (nSPS) is 16.8. The van der Waals surface area contributed by atoms with Crippen molar-refractivity contribution in [3.8, 4) is 11.5 Å². The van der Waals surface area contributed by atoms with Crippen molar-refractivity contribution >= 4 is 54.9 Å². The lowest BCUT2D eigenvalue weighted by Gasteiger charge is -2.24. The summed E-state index contributed by atoms with van der Waals surface area (Å²) in [4.78, 5) is 19.7. The van der Waals surface area contributed by atoms with E-state index >= 15 is 0 Å². The number of rotatable bonds is 4. The van der Waals surface area contributed by atoms with Gasteiger partial charge < -0.3 is 4.74 Å². The lowest BCUT2D eigenvalue weighted by molar-refractivity contribution is 0.445. The Balaban J connectivity index is 1.12. The first-order chi connectivity index (χ1) is 23.3. The number of hydrogen-bond donors (Lipinski definition) is 0. The highest BCUT2D eigenvalue weighted by molar-refractivity contribution is 6.12. The van der Waals surface area contributed by atoms with Gasteiger partial charge in [-0.25, -0.2) is 9.97 Å². The molecular weight excluding hydrogens is 580 g/mol. The van der Waals surface area contributed by atoms with Crippen LogP contribution in [0.1, 0.15) is 87.2 Å². The quantitative estimate of drug-likeness (QED) is 0.184. The predicted molar refractivity (Wildman–Crippen MR) is 188 cm³/mol. The first-order valence-corrected chi connectivity index (χ1v) is 17.3. The van der Waals surface area contributed by atoms with E-state index < -0.39 is 0 Å². The van der Waals surface area contributed by atoms with Crippen molar-refractivity contribution < 1.29 is 4.74 Å². The summed E-state index contributed by atoms with van der Waals surface area (Å²) in [6, 6.07) is 17.6. The number of nitrogens with zero attached hydrogens (tertiary/aromatic N) is 6. The van der Waals surface area contributed by atoms with Gasteiger partial charge in [0, 0.05) is 46.3 Å². The summed E-state index contributed by atoms with van der Waals surface area (Å²) in [6.45, 7) is 0. The maximum Gasteiger partial charge on any atom is 0.146 e. The second-order valence-electron chi connectivity index (χ2n) is 13.6. The van der Waals surface area contributed by atoms with Gasteiger partial charge in [0.15, 0.2) is 0 Å². The minimum Gasteiger partial charge on any atom is -0.454 e. The Hall–Kier alpha value is -5.04. The van der Waals surface area contributed by atoms with Crippen molar-refractivity contribution in [1.82, 2.24) is 28.7 Å². The molecule has 232 valence electrons. The van der Waals surface area contributed by atoms with E-state index in [2.05, 4.69) is 69.7 Å². The third-order valence-corrected chi connectivity index (χ3v) is 11.0. The number of ether oxygens (including phenoxy) is 1. The highest BCUT2D eigenvalue weighted by Gasteiger charge is 2.23. The largest absolute Gasteiger partial charge is 0.454 e. The van der Waals surface area contributed by atoms with Crippen LogP contribution in [0.15, 0.2) is 85.7 Å². The molecule has 0 saturated heterocycles. The summed E-state index contributed by atoms with van der Waals surface area (Å²) in [5.74, 6) is 2.46. The van der Waals surface area contributed by atoms with Crippen LogP contribution in [0.5, 0.6) is 11.5 Å². The maximum atomic E-state index is 6.56. The Morgan fingerprint density at radius 2 is 1.02 bits per heavy atom. The third kappa shape index (κ3) is 4.25. The van der Waals surface area contributed by atoms with Gasteiger partial charge in [0.05, 0.1) is 34.5 Å². The Labute approximate surface area is 272 Å². The molecule has 47 heavy (non-hydrogen) atoms. The fourth-order valence-electron chi connectivity index (χ4n) is 8.81. The lowest BCUT2D eigenvalue weighted by Crippen LogP contribution is -2.06. The highest BCUT2D eigenvalue weighted by atomic mass is 16.5. The molecule has 6 aromatic heterocycles. The number of pyridine rings is 4. The van der Waals surface area contributed by atoms with Crippen LogP contribution in [-0.4, -0.2) is 28.7 Å². The fourth-order valence-corrected chi connectivity index (χ4v) is 8.81. The van der Waals surface area contributed by atoms with Gasteiger partial charge in [0.25, 0.3) is 0 Å². The van der Waals surface area contributed by atoms with E-state index in [1.807, 2.05) is 24.8 Å². The molecule has 8 aromatic rings. The van der Waals surface area contributed by atoms with Crippen LogP contribution in [0, 0.1) is 0 Å². The summed E-state index contributed by atoms with van der Waals surface area (Å²) in [6.07, 6.45) is 24.4. The number of fused-ring (bicyclic) bond motifs is 12. The van der Waals surface area contributed by atoms with Gasteiger partial charge in [-0.3, -0.25) is 18.8 Å². The molecule has 7 heteroatoms. The highest BCUT2D eigenvalue weighted by Crippen LogP contribution is 2.42. The Morgan fingerprint density at radius 1 is 0.553 bits per heavy atom. The molecule has 7 nitrogen and oxygen atoms in total. The van der Waals surface area contributed by atoms with E-state index in [0.29, 0.717) is 23.3 Å². The maximum absolute atomic E-state index is 6.56. The number of benzene rings is 2. The van der Waals surface area contributed by atoms with Gasteiger partial charge in [-0.1, -0.05) is 62.8 Å². The average molecular weight is 617 g/mol. The van der Waals surface area contributed by atoms with E-state index in [1.54, 1.807) is 0 Å². The van der Waals surface area contributed by atoms with Gasteiger partial charge in [0.1, 0.15) is 22.8 Å². The van der Waals surface area contributed by atoms with Crippen LogP contribution >= 0.6 is 0 Å². The van der Waals surface area contributed by atoms with Gasteiger partial charge in [-0.05, 0) is 72.9 Å². The standard InChI is InChI=1S/C40H36N6O/c1-3-9-25(10-4-1)29-13-7-15-33-35(29)37-31(39-41-17-19-45(33)39)21-27(23-43-37)47-28-22-32-38(44-24-28)36-30(26-11-5-2-6-12-26)14-8-16-34(36)46-20-18-42-40(32)46/h7-8,13-26H,1-6,9-12H2. The van der Waals surface area contributed by atoms with Crippen LogP contribution in [0.25, 0.3) is 54.9 Å². The zero-order chi connectivity index (χ0) is 30.9. The van der Waals surface area contributed by atoms with Gasteiger partial charge in [0.2, 0.25) is 0 Å². The van der Waals surface area contributed by atoms with Gasteiger partial charge in [-0.15, -0.1) is 0 Å². The van der Waals surface area contributed by atoms with Crippen LogP contribution in [-0.2, 0) is 0 Å². The molecule has 6 heterocycles. The topological polar surface area (TPSA) is 69.6 Å². The van der Waals surface area contributed by atoms with E-state index in [9.17, 15) is 0 Å². The van der Waals surface area contributed by atoms with Gasteiger partial charge >= 0.3 is 0 Å². The minimum atomic E-state index is 0.562. The van der Waals surface area contributed by atoms with E-state index in [1.165, 1.54) is 86.1 Å². The Kier molecular flexibility index (Phi) is 6.21. The summed E-state index contributed by atoms with van der Waals surface area (Å²) < 4.78 is 11.0. The predicted octanol–water partition coefficient (Wildman–Crippen LogP) is 10.3. The molecule has 2 aliphatic carbocycles. The molecule has 0 N–H and O–H groups in total. The first kappa shape index (κ1) is 27.1. The summed E-state index contributed by atoms with van der Waals surface area (Å²) in [5, 5.41) is 4.47. The van der Waals surface area contributed by atoms with Crippen molar-refractivity contribution in [2.75, 3.05) is 0 Å². The molecular formula is C40H36N6O. The fraction of sp³-hybridized carbons (Fsp3) is 0.300. The third-order valence-electron chi connectivity index (χ3n) is 11.0. The lowest BCUT2D eigenvalue weighted by atomic mass is 9.82. The summed E-state index contributed by atoms with van der Waals surface area (Å²) in [7, 11) is 0. The second kappa shape index (κ2) is 10.8. The number of hydrogen-bond acceptors (Lipinski definition) is 5. The second-order valence-corrected chi connectivity index (χ2v) is 13.6. The molecule has 0 amide bonds. The monoisotopic (exact) mass is 616 g/mol. The SMILES string of the molecule is c1cc(C2CCCCC2)c2c3ncc(Oc4cnc5c(c4)c4nccn4c4cccc(C6CCCCC6)c54)cc3c3nccn3c2c1. The summed E-state index contributed by atoms with van der Waals surface area (Å²) in [5.41, 5.74) is 8.91. The van der Waals surface area contributed by atoms with E-state index in [0.717, 1.165) is 44.1 Å². The molecule has 2 aliphatic rings.